The van der Waals surface area contributed by atoms with Crippen LogP contribution in [-0.2, 0) is 22.9 Å². The minimum Gasteiger partial charge on any atom is -0.493 e. The molecule has 0 aromatic heterocycles. The van der Waals surface area contributed by atoms with Gasteiger partial charge < -0.3 is 9.47 Å². The second kappa shape index (κ2) is 5.95. The summed E-state index contributed by atoms with van der Waals surface area (Å²) in [6.45, 7) is 5.22. The highest BCUT2D eigenvalue weighted by Crippen LogP contribution is 2.43. The van der Waals surface area contributed by atoms with Crippen molar-refractivity contribution < 1.29 is 17.9 Å². The third-order valence-corrected chi connectivity index (χ3v) is 6.17. The van der Waals surface area contributed by atoms with E-state index in [0.717, 1.165) is 5.56 Å². The largest absolute Gasteiger partial charge is 0.493 e. The van der Waals surface area contributed by atoms with Gasteiger partial charge in [0.05, 0.1) is 13.2 Å². The monoisotopic (exact) mass is 359 g/mol. The van der Waals surface area contributed by atoms with Gasteiger partial charge in [0, 0.05) is 29.7 Å². The fourth-order valence-corrected chi connectivity index (χ4v) is 4.88. The van der Waals surface area contributed by atoms with Gasteiger partial charge in [-0.1, -0.05) is 26.0 Å². The van der Waals surface area contributed by atoms with Crippen LogP contribution in [0.25, 0.3) is 0 Å². The molecule has 0 saturated carbocycles. The quantitative estimate of drug-likeness (QED) is 0.908. The molecule has 0 amide bonds. The lowest BCUT2D eigenvalue weighted by molar-refractivity contribution is 0.348. The van der Waals surface area contributed by atoms with Gasteiger partial charge in [-0.25, -0.2) is 8.42 Å². The zero-order valence-electron chi connectivity index (χ0n) is 14.3. The maximum Gasteiger partial charge on any atom is 0.266 e. The molecule has 0 radical (unpaired) electrons. The molecular weight excluding hydrogens is 338 g/mol. The van der Waals surface area contributed by atoms with Crippen molar-refractivity contribution in [1.82, 2.24) is 0 Å². The molecule has 2 heterocycles. The predicted octanol–water partition coefficient (Wildman–Crippen LogP) is 3.48. The Labute approximate surface area is 148 Å². The minimum atomic E-state index is -3.75. The Morgan fingerprint density at radius 1 is 1.04 bits per heavy atom. The Hall–Kier alpha value is -2.21. The highest BCUT2D eigenvalue weighted by atomic mass is 32.2. The molecule has 6 heteroatoms. The maximum absolute atomic E-state index is 13.1. The van der Waals surface area contributed by atoms with E-state index >= 15 is 0 Å². The van der Waals surface area contributed by atoms with Crippen molar-refractivity contribution >= 4 is 15.7 Å². The Balaban J connectivity index is 1.74. The van der Waals surface area contributed by atoms with Crippen molar-refractivity contribution in [3.05, 3.63) is 47.0 Å². The molecule has 2 aliphatic rings. The molecule has 25 heavy (non-hydrogen) atoms. The molecule has 0 bridgehead atoms. The summed E-state index contributed by atoms with van der Waals surface area (Å²) in [7, 11) is -3.75. The van der Waals surface area contributed by atoms with Crippen LogP contribution in [0.5, 0.6) is 11.5 Å². The van der Waals surface area contributed by atoms with Gasteiger partial charge >= 0.3 is 0 Å². The number of hydrogen-bond acceptors (Lipinski definition) is 4. The lowest BCUT2D eigenvalue weighted by Crippen LogP contribution is -2.16. The fourth-order valence-electron chi connectivity index (χ4n) is 3.37. The van der Waals surface area contributed by atoms with Crippen LogP contribution in [-0.4, -0.2) is 21.6 Å². The summed E-state index contributed by atoms with van der Waals surface area (Å²) in [6.07, 6.45) is 1.28. The Morgan fingerprint density at radius 3 is 2.48 bits per heavy atom. The van der Waals surface area contributed by atoms with Crippen molar-refractivity contribution in [2.75, 3.05) is 17.9 Å². The van der Waals surface area contributed by atoms with Crippen molar-refractivity contribution in [2.24, 2.45) is 0 Å². The van der Waals surface area contributed by atoms with Crippen LogP contribution >= 0.6 is 0 Å². The van der Waals surface area contributed by atoms with E-state index in [1.807, 2.05) is 18.2 Å². The van der Waals surface area contributed by atoms with Crippen LogP contribution in [0.2, 0.25) is 0 Å². The fraction of sp³-hybridized carbons (Fsp3) is 0.368. The number of benzene rings is 2. The number of sulfonamides is 1. The number of anilines is 1. The smallest absolute Gasteiger partial charge is 0.266 e. The van der Waals surface area contributed by atoms with E-state index < -0.39 is 10.0 Å². The van der Waals surface area contributed by atoms with Gasteiger partial charge in [0.1, 0.15) is 16.4 Å². The highest BCUT2D eigenvalue weighted by Gasteiger charge is 2.33. The molecule has 2 aliphatic heterocycles. The summed E-state index contributed by atoms with van der Waals surface area (Å²) in [6, 6.07) is 9.41. The van der Waals surface area contributed by atoms with Gasteiger partial charge in [0.2, 0.25) is 0 Å². The molecule has 2 aromatic rings. The average molecular weight is 359 g/mol. The molecule has 0 atom stereocenters. The number of fused-ring (bicyclic) bond motifs is 2. The van der Waals surface area contributed by atoms with Crippen LogP contribution in [0.1, 0.15) is 36.5 Å². The summed E-state index contributed by atoms with van der Waals surface area (Å²) in [5.41, 5.74) is 3.33. The van der Waals surface area contributed by atoms with Crippen molar-refractivity contribution in [2.45, 2.75) is 37.5 Å². The number of rotatable bonds is 4. The number of nitrogens with one attached hydrogen (secondary N) is 1. The summed E-state index contributed by atoms with van der Waals surface area (Å²) in [5.74, 6) is 1.55. The zero-order chi connectivity index (χ0) is 17.6. The first kappa shape index (κ1) is 16.3. The summed E-state index contributed by atoms with van der Waals surface area (Å²) in [5, 5.41) is 0. The second-order valence-electron chi connectivity index (χ2n) is 6.75. The summed E-state index contributed by atoms with van der Waals surface area (Å²) < 4.78 is 40.1. The average Bonchev–Trinajstić information content (AvgIpc) is 3.20. The molecule has 5 nitrogen and oxygen atoms in total. The molecule has 0 spiro atoms. The first-order valence-corrected chi connectivity index (χ1v) is 10.0. The van der Waals surface area contributed by atoms with Crippen LogP contribution in [0.15, 0.2) is 35.2 Å². The topological polar surface area (TPSA) is 64.6 Å². The third kappa shape index (κ3) is 2.84. The molecule has 2 aromatic carbocycles. The van der Waals surface area contributed by atoms with E-state index in [2.05, 4.69) is 18.6 Å². The van der Waals surface area contributed by atoms with Gasteiger partial charge in [0.25, 0.3) is 10.0 Å². The molecule has 0 fully saturated rings. The van der Waals surface area contributed by atoms with Crippen LogP contribution in [0.4, 0.5) is 5.69 Å². The lowest BCUT2D eigenvalue weighted by atomic mass is 10.0. The highest BCUT2D eigenvalue weighted by molar-refractivity contribution is 7.92. The van der Waals surface area contributed by atoms with Gasteiger partial charge in [0.15, 0.2) is 0 Å². The van der Waals surface area contributed by atoms with E-state index in [0.29, 0.717) is 54.7 Å². The van der Waals surface area contributed by atoms with E-state index in [-0.39, 0.29) is 4.90 Å². The van der Waals surface area contributed by atoms with Gasteiger partial charge in [-0.15, -0.1) is 0 Å². The molecular formula is C19H21NO4S. The zero-order valence-corrected chi connectivity index (χ0v) is 15.2. The predicted molar refractivity (Wildman–Crippen MR) is 96.2 cm³/mol. The van der Waals surface area contributed by atoms with Crippen LogP contribution < -0.4 is 14.2 Å². The van der Waals surface area contributed by atoms with Gasteiger partial charge in [-0.3, -0.25) is 4.72 Å². The lowest BCUT2D eigenvalue weighted by Gasteiger charge is -2.15. The van der Waals surface area contributed by atoms with Crippen molar-refractivity contribution in [3.8, 4) is 11.5 Å². The van der Waals surface area contributed by atoms with Crippen LogP contribution in [0, 0.1) is 0 Å². The van der Waals surface area contributed by atoms with Crippen LogP contribution in [0.3, 0.4) is 0 Å². The first-order chi connectivity index (χ1) is 12.0. The minimum absolute atomic E-state index is 0.239. The Morgan fingerprint density at radius 2 is 1.76 bits per heavy atom. The van der Waals surface area contributed by atoms with Crippen molar-refractivity contribution in [1.29, 1.82) is 0 Å². The Kier molecular flexibility index (Phi) is 3.87. The number of hydrogen-bond donors (Lipinski definition) is 1. The maximum atomic E-state index is 13.1. The first-order valence-electron chi connectivity index (χ1n) is 8.53. The molecule has 132 valence electrons. The molecule has 0 unspecified atom stereocenters. The van der Waals surface area contributed by atoms with Gasteiger partial charge in [-0.05, 0) is 29.7 Å². The van der Waals surface area contributed by atoms with E-state index in [9.17, 15) is 8.42 Å². The van der Waals surface area contributed by atoms with Gasteiger partial charge in [-0.2, -0.15) is 0 Å². The molecule has 1 N–H and O–H groups in total. The number of ether oxygens (including phenoxy) is 2. The van der Waals surface area contributed by atoms with E-state index in [1.54, 1.807) is 12.1 Å². The molecule has 4 rings (SSSR count). The molecule has 0 saturated heterocycles. The van der Waals surface area contributed by atoms with Crippen molar-refractivity contribution in [3.63, 3.8) is 0 Å². The normalized spacial score (nSPS) is 15.5. The third-order valence-electron chi connectivity index (χ3n) is 4.70. The Bertz CT molecular complexity index is 885. The standard InChI is InChI=1S/C19H21NO4S/c1-12(2)13-3-5-15(6-4-13)20-25(21,22)19-16-8-10-23-17(16)11-14-7-9-24-18(14)19/h3-6,11-12,20H,7-10H2,1-2H3. The molecule has 0 aliphatic carbocycles. The summed E-state index contributed by atoms with van der Waals surface area (Å²) in [4.78, 5) is 0.239. The van der Waals surface area contributed by atoms with E-state index in [1.165, 1.54) is 5.56 Å². The summed E-state index contributed by atoms with van der Waals surface area (Å²) >= 11 is 0. The SMILES string of the molecule is CC(C)c1ccc(NS(=O)(=O)c2c3c(cc4c2OCC4)OCC3)cc1. The van der Waals surface area contributed by atoms with E-state index in [4.69, 9.17) is 9.47 Å². The second-order valence-corrected chi connectivity index (χ2v) is 8.37.